The average Bonchev–Trinajstić information content (AvgIpc) is 3.40. The van der Waals surface area contributed by atoms with Crippen LogP contribution in [0.25, 0.3) is 11.1 Å². The Bertz CT molecular complexity index is 793. The van der Waals surface area contributed by atoms with E-state index >= 15 is 0 Å². The lowest BCUT2D eigenvalue weighted by atomic mass is 9.87. The summed E-state index contributed by atoms with van der Waals surface area (Å²) in [6, 6.07) is 6.99. The third-order valence-electron chi connectivity index (χ3n) is 7.90. The van der Waals surface area contributed by atoms with E-state index in [2.05, 4.69) is 38.2 Å². The molecule has 4 heteroatoms. The molecule has 1 saturated carbocycles. The number of nitrogens with one attached hydrogen (secondary N) is 1. The number of anilines is 1. The predicted molar refractivity (Wildman–Crippen MR) is 125 cm³/mol. The van der Waals surface area contributed by atoms with Gasteiger partial charge in [0.15, 0.2) is 0 Å². The Balaban J connectivity index is 1.13. The topological polar surface area (TPSA) is 35.2 Å². The van der Waals surface area contributed by atoms with Crippen molar-refractivity contribution in [2.45, 2.75) is 64.2 Å². The van der Waals surface area contributed by atoms with Crippen LogP contribution in [0, 0.1) is 11.8 Å². The normalized spacial score (nSPS) is 23.5. The highest BCUT2D eigenvalue weighted by atomic mass is 15.2. The number of rotatable bonds is 6. The van der Waals surface area contributed by atoms with Crippen molar-refractivity contribution in [3.63, 3.8) is 0 Å². The second-order valence-electron chi connectivity index (χ2n) is 9.96. The fourth-order valence-electron chi connectivity index (χ4n) is 6.03. The fourth-order valence-corrected chi connectivity index (χ4v) is 6.03. The molecular formula is C26H38N4. The number of H-pyrrole nitrogens is 1. The molecule has 0 bridgehead atoms. The van der Waals surface area contributed by atoms with Gasteiger partial charge in [0.25, 0.3) is 0 Å². The molecule has 0 spiro atoms. The first-order valence-electron chi connectivity index (χ1n) is 12.4. The highest BCUT2D eigenvalue weighted by Gasteiger charge is 2.25. The summed E-state index contributed by atoms with van der Waals surface area (Å²) >= 11 is 0. The van der Waals surface area contributed by atoms with Crippen molar-refractivity contribution in [1.29, 1.82) is 0 Å². The molecule has 3 aliphatic rings. The van der Waals surface area contributed by atoms with Crippen molar-refractivity contribution in [3.05, 3.63) is 36.2 Å². The Labute approximate surface area is 182 Å². The summed E-state index contributed by atoms with van der Waals surface area (Å²) in [5.74, 6) is 1.87. The number of fused-ring (bicyclic) bond motifs is 1. The second-order valence-corrected chi connectivity index (χ2v) is 9.96. The summed E-state index contributed by atoms with van der Waals surface area (Å²) in [6.45, 7) is 6.42. The molecule has 5 rings (SSSR count). The fraction of sp³-hybridized carbons (Fsp3) is 0.654. The first-order chi connectivity index (χ1) is 14.8. The van der Waals surface area contributed by atoms with E-state index in [0.717, 1.165) is 11.8 Å². The zero-order valence-corrected chi connectivity index (χ0v) is 18.5. The molecule has 2 aliphatic heterocycles. The van der Waals surface area contributed by atoms with Crippen LogP contribution in [0.3, 0.4) is 0 Å². The standard InChI is InChI=1S/C26H38N4/c1-2-5-21(6-3-1)10-14-29-13-4-7-22(11-15-29)20-30-16-12-24-17-23(8-9-26(24)30)25-18-27-28-19-25/h8-9,17-19,21-22H,1-7,10-16,20H2,(H,27,28). The van der Waals surface area contributed by atoms with Crippen LogP contribution in [0.5, 0.6) is 0 Å². The van der Waals surface area contributed by atoms with Crippen LogP contribution in [0.2, 0.25) is 0 Å². The summed E-state index contributed by atoms with van der Waals surface area (Å²) < 4.78 is 0. The summed E-state index contributed by atoms with van der Waals surface area (Å²) in [6.07, 6.45) is 18.1. The van der Waals surface area contributed by atoms with Gasteiger partial charge in [0.2, 0.25) is 0 Å². The van der Waals surface area contributed by atoms with E-state index in [0.29, 0.717) is 0 Å². The molecule has 1 saturated heterocycles. The highest BCUT2D eigenvalue weighted by molar-refractivity contribution is 5.69. The van der Waals surface area contributed by atoms with Gasteiger partial charge in [-0.05, 0) is 86.8 Å². The third kappa shape index (κ3) is 4.74. The third-order valence-corrected chi connectivity index (χ3v) is 7.90. The lowest BCUT2D eigenvalue weighted by Crippen LogP contribution is -2.30. The minimum absolute atomic E-state index is 0.851. The number of aromatic nitrogens is 2. The van der Waals surface area contributed by atoms with Gasteiger partial charge in [0, 0.05) is 30.5 Å². The summed E-state index contributed by atoms with van der Waals surface area (Å²) in [7, 11) is 0. The molecule has 1 N–H and O–H groups in total. The Morgan fingerprint density at radius 2 is 1.80 bits per heavy atom. The monoisotopic (exact) mass is 406 g/mol. The number of likely N-dealkylation sites (tertiary alicyclic amines) is 1. The number of aromatic amines is 1. The van der Waals surface area contributed by atoms with E-state index in [1.165, 1.54) is 119 Å². The van der Waals surface area contributed by atoms with E-state index in [9.17, 15) is 0 Å². The summed E-state index contributed by atoms with van der Waals surface area (Å²) in [5, 5.41) is 7.03. The molecule has 2 fully saturated rings. The molecule has 0 radical (unpaired) electrons. The van der Waals surface area contributed by atoms with Crippen LogP contribution in [-0.4, -0.2) is 47.8 Å². The van der Waals surface area contributed by atoms with E-state index in [1.807, 2.05) is 12.4 Å². The van der Waals surface area contributed by atoms with Gasteiger partial charge in [0.1, 0.15) is 0 Å². The molecular weight excluding hydrogens is 368 g/mol. The van der Waals surface area contributed by atoms with Crippen molar-refractivity contribution >= 4 is 5.69 Å². The van der Waals surface area contributed by atoms with Gasteiger partial charge in [-0.3, -0.25) is 5.10 Å². The number of hydrogen-bond acceptors (Lipinski definition) is 3. The maximum absolute atomic E-state index is 4.10. The van der Waals surface area contributed by atoms with Crippen molar-refractivity contribution < 1.29 is 0 Å². The molecule has 1 aromatic carbocycles. The van der Waals surface area contributed by atoms with Gasteiger partial charge in [-0.1, -0.05) is 38.2 Å². The number of hydrogen-bond donors (Lipinski definition) is 1. The van der Waals surface area contributed by atoms with Crippen molar-refractivity contribution in [3.8, 4) is 11.1 Å². The maximum Gasteiger partial charge on any atom is 0.0565 e. The van der Waals surface area contributed by atoms with Crippen molar-refractivity contribution in [2.75, 3.05) is 37.6 Å². The molecule has 0 amide bonds. The largest absolute Gasteiger partial charge is 0.371 e. The Morgan fingerprint density at radius 3 is 2.67 bits per heavy atom. The maximum atomic E-state index is 4.10. The van der Waals surface area contributed by atoms with Gasteiger partial charge in [-0.2, -0.15) is 5.10 Å². The molecule has 4 nitrogen and oxygen atoms in total. The lowest BCUT2D eigenvalue weighted by Gasteiger charge is -2.27. The summed E-state index contributed by atoms with van der Waals surface area (Å²) in [5.41, 5.74) is 5.46. The van der Waals surface area contributed by atoms with Crippen LogP contribution in [-0.2, 0) is 6.42 Å². The van der Waals surface area contributed by atoms with Gasteiger partial charge >= 0.3 is 0 Å². The van der Waals surface area contributed by atoms with Crippen molar-refractivity contribution in [1.82, 2.24) is 15.1 Å². The quantitative estimate of drug-likeness (QED) is 0.687. The van der Waals surface area contributed by atoms with Gasteiger partial charge in [-0.15, -0.1) is 0 Å². The van der Waals surface area contributed by atoms with E-state index in [-0.39, 0.29) is 0 Å². The molecule has 162 valence electrons. The molecule has 1 aromatic heterocycles. The minimum atomic E-state index is 0.851. The molecule has 30 heavy (non-hydrogen) atoms. The smallest absolute Gasteiger partial charge is 0.0565 e. The average molecular weight is 407 g/mol. The predicted octanol–water partition coefficient (Wildman–Crippen LogP) is 5.51. The van der Waals surface area contributed by atoms with Crippen LogP contribution in [0.1, 0.15) is 63.4 Å². The first-order valence-corrected chi connectivity index (χ1v) is 12.4. The van der Waals surface area contributed by atoms with Crippen LogP contribution < -0.4 is 4.90 Å². The lowest BCUT2D eigenvalue weighted by molar-refractivity contribution is 0.235. The van der Waals surface area contributed by atoms with Crippen LogP contribution >= 0.6 is 0 Å². The SMILES string of the molecule is c1cc2c(cc1-c1cn[nH]c1)CCN2CC1CCCN(CCC2CCCCC2)CC1. The molecule has 1 atom stereocenters. The van der Waals surface area contributed by atoms with Crippen LogP contribution in [0.15, 0.2) is 30.6 Å². The molecule has 1 aliphatic carbocycles. The number of benzene rings is 1. The molecule has 1 unspecified atom stereocenters. The van der Waals surface area contributed by atoms with Gasteiger partial charge < -0.3 is 9.80 Å². The Morgan fingerprint density at radius 1 is 0.900 bits per heavy atom. The van der Waals surface area contributed by atoms with Crippen molar-refractivity contribution in [2.24, 2.45) is 11.8 Å². The number of nitrogens with zero attached hydrogens (tertiary/aromatic N) is 3. The van der Waals surface area contributed by atoms with Gasteiger partial charge in [0.05, 0.1) is 6.20 Å². The Hall–Kier alpha value is -1.81. The Kier molecular flexibility index (Phi) is 6.40. The van der Waals surface area contributed by atoms with E-state index < -0.39 is 0 Å². The minimum Gasteiger partial charge on any atom is -0.371 e. The zero-order chi connectivity index (χ0) is 20.2. The molecule has 3 heterocycles. The second kappa shape index (κ2) is 9.55. The van der Waals surface area contributed by atoms with Gasteiger partial charge in [-0.25, -0.2) is 0 Å². The van der Waals surface area contributed by atoms with E-state index in [4.69, 9.17) is 0 Å². The van der Waals surface area contributed by atoms with E-state index in [1.54, 1.807) is 0 Å². The first kappa shape index (κ1) is 20.1. The molecule has 2 aromatic rings. The highest BCUT2D eigenvalue weighted by Crippen LogP contribution is 2.34. The zero-order valence-electron chi connectivity index (χ0n) is 18.5. The van der Waals surface area contributed by atoms with Crippen LogP contribution in [0.4, 0.5) is 5.69 Å². The summed E-state index contributed by atoms with van der Waals surface area (Å²) in [4.78, 5) is 5.44.